The van der Waals surface area contributed by atoms with Gasteiger partial charge in [-0.05, 0) is 30.3 Å². The van der Waals surface area contributed by atoms with E-state index in [1.807, 2.05) is 0 Å². The molecule has 0 unspecified atom stereocenters. The molecule has 0 atom stereocenters. The number of H-pyrrole nitrogens is 1. The second-order valence-corrected chi connectivity index (χ2v) is 8.73. The minimum Gasteiger partial charge on any atom is -0.497 e. The maximum Gasteiger partial charge on any atom is 0.416 e. The van der Waals surface area contributed by atoms with E-state index in [2.05, 4.69) is 25.5 Å². The number of alkyl halides is 3. The predicted molar refractivity (Wildman–Crippen MR) is 126 cm³/mol. The Kier molecular flexibility index (Phi) is 7.10. The topological polar surface area (TPSA) is 139 Å². The lowest BCUT2D eigenvalue weighted by Crippen LogP contribution is -2.14. The number of hydrogen-bond acceptors (Lipinski definition) is 8. The number of fused-ring (bicyclic) bond motifs is 1. The quantitative estimate of drug-likeness (QED) is 0.341. The zero-order valence-corrected chi connectivity index (χ0v) is 19.8. The number of aromatic amines is 1. The van der Waals surface area contributed by atoms with Crippen molar-refractivity contribution < 1.29 is 26.3 Å². The molecule has 0 aliphatic heterocycles. The molecule has 0 aliphatic rings. The van der Waals surface area contributed by atoms with Gasteiger partial charge < -0.3 is 15.0 Å². The molecule has 186 valence electrons. The molecule has 0 saturated heterocycles. The van der Waals surface area contributed by atoms with E-state index >= 15 is 0 Å². The van der Waals surface area contributed by atoms with E-state index in [1.54, 1.807) is 18.0 Å². The van der Waals surface area contributed by atoms with E-state index in [4.69, 9.17) is 9.88 Å². The van der Waals surface area contributed by atoms with Crippen LogP contribution in [0.4, 0.5) is 36.4 Å². The van der Waals surface area contributed by atoms with Gasteiger partial charge in [0.2, 0.25) is 16.0 Å². The maximum atomic E-state index is 13.0. The number of sulfonamides is 1. The fourth-order valence-corrected chi connectivity index (χ4v) is 3.77. The number of ether oxygens (including phenoxy) is 1. The SMILES string of the molecule is COc1cc(Nc2nccc(N(C)c3n[nH]c4cc(C(F)(F)F)ccc34)n2)cc(S(N)(=O)=O)c1.Cl. The van der Waals surface area contributed by atoms with Gasteiger partial charge in [0.05, 0.1) is 23.1 Å². The highest BCUT2D eigenvalue weighted by Gasteiger charge is 2.31. The molecular weight excluding hydrogens is 511 g/mol. The number of methoxy groups -OCH3 is 1. The maximum absolute atomic E-state index is 13.0. The van der Waals surface area contributed by atoms with Crippen molar-refractivity contribution >= 4 is 56.6 Å². The number of nitrogens with zero attached hydrogens (tertiary/aromatic N) is 4. The third kappa shape index (κ3) is 5.55. The largest absolute Gasteiger partial charge is 0.497 e. The van der Waals surface area contributed by atoms with Crippen LogP contribution in [0.15, 0.2) is 53.6 Å². The Labute approximate surface area is 203 Å². The van der Waals surface area contributed by atoms with Crippen LogP contribution < -0.4 is 20.1 Å². The second-order valence-electron chi connectivity index (χ2n) is 7.17. The molecule has 4 N–H and O–H groups in total. The summed E-state index contributed by atoms with van der Waals surface area (Å²) >= 11 is 0. The Morgan fingerprint density at radius 1 is 1.14 bits per heavy atom. The van der Waals surface area contributed by atoms with Crippen LogP contribution in [-0.4, -0.2) is 42.7 Å². The number of hydrogen-bond donors (Lipinski definition) is 3. The number of aromatic nitrogens is 4. The van der Waals surface area contributed by atoms with E-state index in [9.17, 15) is 21.6 Å². The third-order valence-electron chi connectivity index (χ3n) is 4.87. The first-order valence-corrected chi connectivity index (χ1v) is 11.1. The minimum absolute atomic E-state index is 0. The van der Waals surface area contributed by atoms with E-state index in [0.717, 1.165) is 12.1 Å². The summed E-state index contributed by atoms with van der Waals surface area (Å²) in [6.07, 6.45) is -3.01. The highest BCUT2D eigenvalue weighted by molar-refractivity contribution is 7.89. The Bertz CT molecular complexity index is 1480. The van der Waals surface area contributed by atoms with Gasteiger partial charge in [0, 0.05) is 36.5 Å². The molecule has 0 spiro atoms. The average molecular weight is 530 g/mol. The van der Waals surface area contributed by atoms with Gasteiger partial charge in [0.1, 0.15) is 11.6 Å². The van der Waals surface area contributed by atoms with Crippen molar-refractivity contribution in [3.8, 4) is 5.75 Å². The number of benzene rings is 2. The van der Waals surface area contributed by atoms with E-state index in [-0.39, 0.29) is 34.5 Å². The predicted octanol–water partition coefficient (Wildman–Crippen LogP) is 3.96. The summed E-state index contributed by atoms with van der Waals surface area (Å²) in [7, 11) is -0.964. The van der Waals surface area contributed by atoms with Crippen molar-refractivity contribution in [3.05, 3.63) is 54.2 Å². The van der Waals surface area contributed by atoms with Crippen molar-refractivity contribution in [1.82, 2.24) is 20.2 Å². The van der Waals surface area contributed by atoms with Gasteiger partial charge in [-0.15, -0.1) is 12.4 Å². The minimum atomic E-state index is -4.47. The number of nitrogens with two attached hydrogens (primary N) is 1. The molecule has 0 saturated carbocycles. The molecule has 2 aromatic heterocycles. The molecule has 2 aromatic carbocycles. The van der Waals surface area contributed by atoms with Crippen LogP contribution in [0.3, 0.4) is 0 Å². The number of halogens is 4. The molecular formula is C20H19ClF3N7O3S. The number of primary sulfonamides is 1. The molecule has 4 rings (SSSR count). The Morgan fingerprint density at radius 3 is 2.54 bits per heavy atom. The van der Waals surface area contributed by atoms with Gasteiger partial charge in [0.25, 0.3) is 0 Å². The Balaban J connectivity index is 0.00000342. The molecule has 0 fully saturated rings. The molecule has 0 amide bonds. The smallest absolute Gasteiger partial charge is 0.416 e. The van der Waals surface area contributed by atoms with Gasteiger partial charge in [-0.3, -0.25) is 5.10 Å². The summed E-state index contributed by atoms with van der Waals surface area (Å²) in [6.45, 7) is 0. The molecule has 15 heteroatoms. The van der Waals surface area contributed by atoms with E-state index in [0.29, 0.717) is 22.7 Å². The van der Waals surface area contributed by atoms with Gasteiger partial charge in [-0.1, -0.05) is 0 Å². The lowest BCUT2D eigenvalue weighted by Gasteiger charge is -2.17. The van der Waals surface area contributed by atoms with Crippen molar-refractivity contribution in [2.45, 2.75) is 11.1 Å². The number of rotatable bonds is 6. The van der Waals surface area contributed by atoms with Crippen LogP contribution in [0.5, 0.6) is 5.75 Å². The summed E-state index contributed by atoms with van der Waals surface area (Å²) in [5.74, 6) is 1.10. The first kappa shape index (κ1) is 26.0. The first-order valence-electron chi connectivity index (χ1n) is 9.57. The fraction of sp³-hybridized carbons (Fsp3) is 0.150. The summed E-state index contributed by atoms with van der Waals surface area (Å²) < 4.78 is 67.6. The van der Waals surface area contributed by atoms with Gasteiger partial charge >= 0.3 is 6.18 Å². The summed E-state index contributed by atoms with van der Waals surface area (Å²) in [6, 6.07) is 8.99. The molecule has 4 aromatic rings. The lowest BCUT2D eigenvalue weighted by molar-refractivity contribution is -0.137. The zero-order chi connectivity index (χ0) is 24.7. The zero-order valence-electron chi connectivity index (χ0n) is 18.2. The summed E-state index contributed by atoms with van der Waals surface area (Å²) in [4.78, 5) is 9.91. The molecule has 35 heavy (non-hydrogen) atoms. The van der Waals surface area contributed by atoms with Gasteiger partial charge in [0.15, 0.2) is 5.82 Å². The summed E-state index contributed by atoms with van der Waals surface area (Å²) in [5, 5.41) is 15.3. The summed E-state index contributed by atoms with van der Waals surface area (Å²) in [5.41, 5.74) is -0.257. The van der Waals surface area contributed by atoms with E-state index < -0.39 is 21.8 Å². The first-order chi connectivity index (χ1) is 16.0. The average Bonchev–Trinajstić information content (AvgIpc) is 3.20. The van der Waals surface area contributed by atoms with Gasteiger partial charge in [-0.2, -0.15) is 23.3 Å². The van der Waals surface area contributed by atoms with Crippen LogP contribution in [0.2, 0.25) is 0 Å². The third-order valence-corrected chi connectivity index (χ3v) is 5.77. The molecule has 2 heterocycles. The number of anilines is 4. The fourth-order valence-electron chi connectivity index (χ4n) is 3.20. The monoisotopic (exact) mass is 529 g/mol. The lowest BCUT2D eigenvalue weighted by atomic mass is 10.1. The van der Waals surface area contributed by atoms with Crippen LogP contribution in [-0.2, 0) is 16.2 Å². The Hall–Kier alpha value is -3.62. The van der Waals surface area contributed by atoms with E-state index in [1.165, 1.54) is 37.6 Å². The van der Waals surface area contributed by atoms with Crippen molar-refractivity contribution in [3.63, 3.8) is 0 Å². The molecule has 0 bridgehead atoms. The molecule has 0 aliphatic carbocycles. The normalized spacial score (nSPS) is 11.7. The van der Waals surface area contributed by atoms with Crippen LogP contribution in [0.25, 0.3) is 10.9 Å². The number of nitrogens with one attached hydrogen (secondary N) is 2. The highest BCUT2D eigenvalue weighted by atomic mass is 35.5. The van der Waals surface area contributed by atoms with Crippen molar-refractivity contribution in [1.29, 1.82) is 0 Å². The van der Waals surface area contributed by atoms with Crippen LogP contribution in [0, 0.1) is 0 Å². The standard InChI is InChI=1S/C20H18F3N7O3S.ClH/c1-30(18-15-4-3-11(20(21,22)23)7-16(15)28-29-18)17-5-6-25-19(27-17)26-12-8-13(33-2)10-14(9-12)34(24,31)32;/h3-10H,1-2H3,(H,28,29)(H2,24,31,32)(H,25,26,27);1H. The van der Waals surface area contributed by atoms with Crippen LogP contribution >= 0.6 is 12.4 Å². The van der Waals surface area contributed by atoms with Crippen molar-refractivity contribution in [2.75, 3.05) is 24.4 Å². The van der Waals surface area contributed by atoms with Crippen LogP contribution in [0.1, 0.15) is 5.56 Å². The highest BCUT2D eigenvalue weighted by Crippen LogP contribution is 2.34. The van der Waals surface area contributed by atoms with Gasteiger partial charge in [-0.25, -0.2) is 18.5 Å². The van der Waals surface area contributed by atoms with Crippen molar-refractivity contribution in [2.24, 2.45) is 5.14 Å². The second kappa shape index (κ2) is 9.56. The Morgan fingerprint density at radius 2 is 1.89 bits per heavy atom. The molecule has 0 radical (unpaired) electrons. The molecule has 10 nitrogen and oxygen atoms in total.